The molecule has 1 heterocycles. The predicted molar refractivity (Wildman–Crippen MR) is 70.5 cm³/mol. The number of H-pyrrole nitrogens is 1. The van der Waals surface area contributed by atoms with Gasteiger partial charge in [0.05, 0.1) is 34.2 Å². The zero-order chi connectivity index (χ0) is 13.2. The number of anilines is 1. The van der Waals surface area contributed by atoms with Crippen LogP contribution in [0.4, 0.5) is 5.69 Å². The van der Waals surface area contributed by atoms with Crippen LogP contribution in [0.3, 0.4) is 0 Å². The number of aromatic nitrogens is 2. The summed E-state index contributed by atoms with van der Waals surface area (Å²) < 4.78 is 22.9. The van der Waals surface area contributed by atoms with Crippen molar-refractivity contribution in [2.75, 3.05) is 11.6 Å². The summed E-state index contributed by atoms with van der Waals surface area (Å²) in [6, 6.07) is 4.57. The predicted octanol–water partition coefficient (Wildman–Crippen LogP) is 2.08. The van der Waals surface area contributed by atoms with Gasteiger partial charge in [0.2, 0.25) is 0 Å². The smallest absolute Gasteiger partial charge is 0.175 e. The Hall–Kier alpha value is -1.53. The summed E-state index contributed by atoms with van der Waals surface area (Å²) in [7, 11) is -3.23. The fraction of sp³-hybridized carbons (Fsp3) is 0.182. The number of benzene rings is 1. The summed E-state index contributed by atoms with van der Waals surface area (Å²) >= 11 is 6.00. The van der Waals surface area contributed by atoms with Crippen LogP contribution in [0.15, 0.2) is 35.6 Å². The van der Waals surface area contributed by atoms with Gasteiger partial charge in [-0.2, -0.15) is 0 Å². The summed E-state index contributed by atoms with van der Waals surface area (Å²) in [5, 5.41) is 3.53. The summed E-state index contributed by atoms with van der Waals surface area (Å²) in [5.41, 5.74) is 1.46. The van der Waals surface area contributed by atoms with Gasteiger partial charge in [0.1, 0.15) is 0 Å². The van der Waals surface area contributed by atoms with Gasteiger partial charge in [-0.25, -0.2) is 13.4 Å². The average Bonchev–Trinajstić information content (AvgIpc) is 2.79. The van der Waals surface area contributed by atoms with E-state index in [4.69, 9.17) is 11.6 Å². The highest BCUT2D eigenvalue weighted by atomic mass is 35.5. The summed E-state index contributed by atoms with van der Waals surface area (Å²) in [4.78, 5) is 7.06. The van der Waals surface area contributed by atoms with Crippen LogP contribution in [0.1, 0.15) is 5.69 Å². The highest BCUT2D eigenvalue weighted by molar-refractivity contribution is 7.90. The molecule has 1 aromatic heterocycles. The lowest BCUT2D eigenvalue weighted by atomic mass is 10.3. The fourth-order valence-electron chi connectivity index (χ4n) is 1.44. The van der Waals surface area contributed by atoms with E-state index in [1.165, 1.54) is 12.1 Å². The summed E-state index contributed by atoms with van der Waals surface area (Å²) in [6.45, 7) is 0.493. The molecule has 0 spiro atoms. The molecule has 18 heavy (non-hydrogen) atoms. The number of nitrogens with one attached hydrogen (secondary N) is 2. The van der Waals surface area contributed by atoms with Crippen LogP contribution in [-0.2, 0) is 16.4 Å². The lowest BCUT2D eigenvalue weighted by Gasteiger charge is -2.08. The molecule has 0 unspecified atom stereocenters. The van der Waals surface area contributed by atoms with E-state index in [0.717, 1.165) is 11.9 Å². The summed E-state index contributed by atoms with van der Waals surface area (Å²) in [5.74, 6) is 0. The molecule has 2 rings (SSSR count). The van der Waals surface area contributed by atoms with Gasteiger partial charge in [-0.3, -0.25) is 0 Å². The first kappa shape index (κ1) is 12.9. The normalized spacial score (nSPS) is 11.4. The van der Waals surface area contributed by atoms with E-state index >= 15 is 0 Å². The fourth-order valence-corrected chi connectivity index (χ4v) is 2.27. The van der Waals surface area contributed by atoms with Gasteiger partial charge < -0.3 is 10.3 Å². The van der Waals surface area contributed by atoms with Gasteiger partial charge in [-0.05, 0) is 18.2 Å². The van der Waals surface area contributed by atoms with Gasteiger partial charge in [-0.1, -0.05) is 11.6 Å². The SMILES string of the molecule is CS(=O)(=O)c1ccc(Cl)c(NCc2cnc[nH]2)c1. The molecule has 0 radical (unpaired) electrons. The largest absolute Gasteiger partial charge is 0.378 e. The Bertz CT molecular complexity index is 638. The van der Waals surface area contributed by atoms with Gasteiger partial charge in [0, 0.05) is 12.5 Å². The molecule has 0 saturated heterocycles. The Balaban J connectivity index is 2.22. The second-order valence-electron chi connectivity index (χ2n) is 3.84. The van der Waals surface area contributed by atoms with E-state index in [9.17, 15) is 8.42 Å². The first-order valence-electron chi connectivity index (χ1n) is 5.17. The Labute approximate surface area is 110 Å². The van der Waals surface area contributed by atoms with E-state index in [2.05, 4.69) is 15.3 Å². The third kappa shape index (κ3) is 3.02. The average molecular weight is 286 g/mol. The molecule has 2 N–H and O–H groups in total. The van der Waals surface area contributed by atoms with Gasteiger partial charge in [0.15, 0.2) is 9.84 Å². The number of nitrogens with zero attached hydrogens (tertiary/aromatic N) is 1. The van der Waals surface area contributed by atoms with Crippen LogP contribution in [0.2, 0.25) is 5.02 Å². The first-order valence-corrected chi connectivity index (χ1v) is 7.44. The van der Waals surface area contributed by atoms with Crippen molar-refractivity contribution in [3.63, 3.8) is 0 Å². The minimum absolute atomic E-state index is 0.235. The highest BCUT2D eigenvalue weighted by Crippen LogP contribution is 2.25. The van der Waals surface area contributed by atoms with Crippen molar-refractivity contribution in [1.29, 1.82) is 0 Å². The molecule has 0 fully saturated rings. The Kier molecular flexibility index (Phi) is 3.58. The van der Waals surface area contributed by atoms with Crippen LogP contribution in [0, 0.1) is 0 Å². The van der Waals surface area contributed by atoms with E-state index in [0.29, 0.717) is 17.3 Å². The van der Waals surface area contributed by atoms with Crippen molar-refractivity contribution in [2.45, 2.75) is 11.4 Å². The third-order valence-corrected chi connectivity index (χ3v) is 3.83. The monoisotopic (exact) mass is 285 g/mol. The second kappa shape index (κ2) is 4.99. The third-order valence-electron chi connectivity index (χ3n) is 2.39. The molecule has 0 aliphatic rings. The second-order valence-corrected chi connectivity index (χ2v) is 6.27. The molecule has 96 valence electrons. The van der Waals surface area contributed by atoms with Gasteiger partial charge >= 0.3 is 0 Å². The number of rotatable bonds is 4. The number of sulfone groups is 1. The maximum Gasteiger partial charge on any atom is 0.175 e. The molecule has 0 amide bonds. The standard InChI is InChI=1S/C11H12ClN3O2S/c1-18(16,17)9-2-3-10(12)11(4-9)14-6-8-5-13-7-15-8/h2-5,7,14H,6H2,1H3,(H,13,15). The zero-order valence-corrected chi connectivity index (χ0v) is 11.2. The summed E-state index contributed by atoms with van der Waals surface area (Å²) in [6.07, 6.45) is 4.42. The molecule has 0 aliphatic heterocycles. The maximum atomic E-state index is 11.4. The molecule has 2 aromatic rings. The quantitative estimate of drug-likeness (QED) is 0.902. The lowest BCUT2D eigenvalue weighted by Crippen LogP contribution is -2.03. The van der Waals surface area contributed by atoms with Gasteiger partial charge in [0.25, 0.3) is 0 Å². The molecule has 1 aromatic carbocycles. The number of hydrogen-bond donors (Lipinski definition) is 2. The van der Waals surface area contributed by atoms with Crippen molar-refractivity contribution in [3.8, 4) is 0 Å². The first-order chi connectivity index (χ1) is 8.47. The lowest BCUT2D eigenvalue weighted by molar-refractivity contribution is 0.602. The molecule has 0 aliphatic carbocycles. The van der Waals surface area contributed by atoms with Crippen molar-refractivity contribution >= 4 is 27.1 Å². The highest BCUT2D eigenvalue weighted by Gasteiger charge is 2.10. The molecular weight excluding hydrogens is 274 g/mol. The van der Waals surface area contributed by atoms with Crippen LogP contribution >= 0.6 is 11.6 Å². The number of halogens is 1. The Morgan fingerprint density at radius 2 is 2.22 bits per heavy atom. The van der Waals surface area contributed by atoms with Crippen LogP contribution in [-0.4, -0.2) is 24.6 Å². The Morgan fingerprint density at radius 3 is 2.83 bits per heavy atom. The van der Waals surface area contributed by atoms with Crippen molar-refractivity contribution < 1.29 is 8.42 Å². The topological polar surface area (TPSA) is 74.8 Å². The van der Waals surface area contributed by atoms with Crippen LogP contribution < -0.4 is 5.32 Å². The minimum atomic E-state index is -3.23. The minimum Gasteiger partial charge on any atom is -0.378 e. The van der Waals surface area contributed by atoms with Gasteiger partial charge in [-0.15, -0.1) is 0 Å². The van der Waals surface area contributed by atoms with E-state index < -0.39 is 9.84 Å². The molecular formula is C11H12ClN3O2S. The van der Waals surface area contributed by atoms with E-state index in [1.807, 2.05) is 0 Å². The number of imidazole rings is 1. The molecule has 5 nitrogen and oxygen atoms in total. The molecule has 0 bridgehead atoms. The van der Waals surface area contributed by atoms with Crippen LogP contribution in [0.5, 0.6) is 0 Å². The van der Waals surface area contributed by atoms with Crippen LogP contribution in [0.25, 0.3) is 0 Å². The van der Waals surface area contributed by atoms with Crippen molar-refractivity contribution in [2.24, 2.45) is 0 Å². The zero-order valence-electron chi connectivity index (χ0n) is 9.64. The molecule has 0 atom stereocenters. The van der Waals surface area contributed by atoms with Crippen molar-refractivity contribution in [3.05, 3.63) is 41.4 Å². The Morgan fingerprint density at radius 1 is 1.44 bits per heavy atom. The maximum absolute atomic E-state index is 11.4. The van der Waals surface area contributed by atoms with E-state index in [1.54, 1.807) is 18.6 Å². The number of hydrogen-bond acceptors (Lipinski definition) is 4. The molecule has 0 saturated carbocycles. The number of aromatic amines is 1. The molecule has 7 heteroatoms. The van der Waals surface area contributed by atoms with Crippen molar-refractivity contribution in [1.82, 2.24) is 9.97 Å². The van der Waals surface area contributed by atoms with E-state index in [-0.39, 0.29) is 4.90 Å².